The Morgan fingerprint density at radius 2 is 2.11 bits per heavy atom. The largest absolute Gasteiger partial charge is 0.497 e. The van der Waals surface area contributed by atoms with E-state index in [9.17, 15) is 0 Å². The van der Waals surface area contributed by atoms with Gasteiger partial charge in [-0.05, 0) is 37.4 Å². The molecule has 4 nitrogen and oxygen atoms in total. The normalized spacial score (nSPS) is 18.4. The van der Waals surface area contributed by atoms with Crippen molar-refractivity contribution in [2.75, 3.05) is 32.7 Å². The second kappa shape index (κ2) is 5.48. The van der Waals surface area contributed by atoms with Crippen molar-refractivity contribution in [3.8, 4) is 11.5 Å². The van der Waals surface area contributed by atoms with E-state index < -0.39 is 0 Å². The number of hydrogen-bond donors (Lipinski definition) is 1. The Hall–Kier alpha value is -1.42. The fourth-order valence-corrected chi connectivity index (χ4v) is 2.73. The summed E-state index contributed by atoms with van der Waals surface area (Å²) in [5.74, 6) is 1.74. The first-order valence-corrected chi connectivity index (χ1v) is 6.39. The zero-order chi connectivity index (χ0) is 13.1. The summed E-state index contributed by atoms with van der Waals surface area (Å²) in [6.45, 7) is 0.725. The van der Waals surface area contributed by atoms with Gasteiger partial charge in [0.15, 0.2) is 0 Å². The maximum absolute atomic E-state index is 5.68. The average molecular weight is 250 g/mol. The number of aryl methyl sites for hydroxylation is 1. The zero-order valence-electron chi connectivity index (χ0n) is 11.4. The smallest absolute Gasteiger partial charge is 0.146 e. The van der Waals surface area contributed by atoms with Crippen LogP contribution < -0.4 is 20.1 Å². The van der Waals surface area contributed by atoms with Crippen molar-refractivity contribution in [1.82, 2.24) is 0 Å². The number of rotatable bonds is 4. The molecule has 0 fully saturated rings. The molecule has 2 rings (SSSR count). The van der Waals surface area contributed by atoms with E-state index in [0.717, 1.165) is 37.3 Å². The molecule has 1 heterocycles. The second-order valence-electron chi connectivity index (χ2n) is 4.72. The van der Waals surface area contributed by atoms with Crippen LogP contribution in [-0.4, -0.2) is 33.9 Å². The molecule has 1 aromatic carbocycles. The van der Waals surface area contributed by atoms with Crippen LogP contribution in [0.1, 0.15) is 18.4 Å². The number of hydrogen-bond acceptors (Lipinski definition) is 4. The third-order valence-corrected chi connectivity index (χ3v) is 3.73. The highest BCUT2D eigenvalue weighted by molar-refractivity contribution is 5.68. The number of fused-ring (bicyclic) bond motifs is 1. The van der Waals surface area contributed by atoms with Crippen LogP contribution in [0.2, 0.25) is 0 Å². The zero-order valence-corrected chi connectivity index (χ0v) is 11.4. The maximum atomic E-state index is 5.68. The van der Waals surface area contributed by atoms with Crippen LogP contribution in [0.3, 0.4) is 0 Å². The van der Waals surface area contributed by atoms with Gasteiger partial charge in [0, 0.05) is 19.2 Å². The van der Waals surface area contributed by atoms with Gasteiger partial charge in [0.25, 0.3) is 0 Å². The summed E-state index contributed by atoms with van der Waals surface area (Å²) in [6.07, 6.45) is 3.21. The lowest BCUT2D eigenvalue weighted by molar-refractivity contribution is 0.389. The SMILES string of the molecule is COc1cc2c(c(OC)c1)N(C)C(CCN)CC2. The Labute approximate surface area is 109 Å². The molecule has 0 saturated heterocycles. The van der Waals surface area contributed by atoms with Crippen molar-refractivity contribution in [1.29, 1.82) is 0 Å². The molecule has 0 aromatic heterocycles. The molecule has 0 aliphatic carbocycles. The van der Waals surface area contributed by atoms with Crippen molar-refractivity contribution >= 4 is 5.69 Å². The maximum Gasteiger partial charge on any atom is 0.146 e. The standard InChI is InChI=1S/C14H22N2O2/c1-16-11(6-7-15)5-4-10-8-12(17-2)9-13(18-3)14(10)16/h8-9,11H,4-7,15H2,1-3H3. The fraction of sp³-hybridized carbons (Fsp3) is 0.571. The molecule has 1 aliphatic rings. The monoisotopic (exact) mass is 250 g/mol. The first-order valence-electron chi connectivity index (χ1n) is 6.39. The molecule has 18 heavy (non-hydrogen) atoms. The molecule has 1 atom stereocenters. The molecule has 1 aliphatic heterocycles. The summed E-state index contributed by atoms with van der Waals surface area (Å²) in [5.41, 5.74) is 8.16. The number of nitrogens with zero attached hydrogens (tertiary/aromatic N) is 1. The predicted molar refractivity (Wildman–Crippen MR) is 73.7 cm³/mol. The van der Waals surface area contributed by atoms with Crippen LogP contribution in [0.25, 0.3) is 0 Å². The van der Waals surface area contributed by atoms with Crippen LogP contribution in [-0.2, 0) is 6.42 Å². The van der Waals surface area contributed by atoms with Gasteiger partial charge in [-0.2, -0.15) is 0 Å². The van der Waals surface area contributed by atoms with Gasteiger partial charge in [-0.25, -0.2) is 0 Å². The highest BCUT2D eigenvalue weighted by Crippen LogP contribution is 2.41. The van der Waals surface area contributed by atoms with E-state index >= 15 is 0 Å². The van der Waals surface area contributed by atoms with E-state index in [2.05, 4.69) is 18.0 Å². The number of nitrogens with two attached hydrogens (primary N) is 1. The predicted octanol–water partition coefficient (Wildman–Crippen LogP) is 1.80. The third-order valence-electron chi connectivity index (χ3n) is 3.73. The van der Waals surface area contributed by atoms with Gasteiger partial charge in [-0.3, -0.25) is 0 Å². The van der Waals surface area contributed by atoms with E-state index in [1.165, 1.54) is 11.3 Å². The fourth-order valence-electron chi connectivity index (χ4n) is 2.73. The third kappa shape index (κ3) is 2.25. The Morgan fingerprint density at radius 1 is 1.33 bits per heavy atom. The molecule has 0 spiro atoms. The quantitative estimate of drug-likeness (QED) is 0.885. The molecular formula is C14H22N2O2. The van der Waals surface area contributed by atoms with Crippen LogP contribution in [0.5, 0.6) is 11.5 Å². The summed E-state index contributed by atoms with van der Waals surface area (Å²) in [4.78, 5) is 2.30. The van der Waals surface area contributed by atoms with Gasteiger partial charge >= 0.3 is 0 Å². The Kier molecular flexibility index (Phi) is 3.97. The van der Waals surface area contributed by atoms with Gasteiger partial charge in [0.05, 0.1) is 19.9 Å². The minimum Gasteiger partial charge on any atom is -0.497 e. The molecule has 1 aromatic rings. The summed E-state index contributed by atoms with van der Waals surface area (Å²) >= 11 is 0. The Bertz CT molecular complexity index is 403. The van der Waals surface area contributed by atoms with E-state index in [-0.39, 0.29) is 0 Å². The van der Waals surface area contributed by atoms with Crippen LogP contribution in [0.4, 0.5) is 5.69 Å². The molecule has 2 N–H and O–H groups in total. The van der Waals surface area contributed by atoms with Crippen molar-refractivity contribution in [3.63, 3.8) is 0 Å². The second-order valence-corrected chi connectivity index (χ2v) is 4.72. The van der Waals surface area contributed by atoms with Gasteiger partial charge < -0.3 is 20.1 Å². The molecular weight excluding hydrogens is 228 g/mol. The van der Waals surface area contributed by atoms with Crippen molar-refractivity contribution in [3.05, 3.63) is 17.7 Å². The molecule has 0 saturated carbocycles. The molecule has 0 radical (unpaired) electrons. The lowest BCUT2D eigenvalue weighted by atomic mass is 9.93. The van der Waals surface area contributed by atoms with E-state index in [4.69, 9.17) is 15.2 Å². The Balaban J connectivity index is 2.40. The van der Waals surface area contributed by atoms with Crippen LogP contribution in [0.15, 0.2) is 12.1 Å². The molecule has 1 unspecified atom stereocenters. The van der Waals surface area contributed by atoms with E-state index in [1.807, 2.05) is 6.07 Å². The molecule has 0 amide bonds. The summed E-state index contributed by atoms with van der Waals surface area (Å²) in [6, 6.07) is 4.55. The van der Waals surface area contributed by atoms with Crippen molar-refractivity contribution in [2.24, 2.45) is 5.73 Å². The number of anilines is 1. The molecule has 0 bridgehead atoms. The molecule has 4 heteroatoms. The van der Waals surface area contributed by atoms with Crippen LogP contribution >= 0.6 is 0 Å². The van der Waals surface area contributed by atoms with Gasteiger partial charge in [0.1, 0.15) is 11.5 Å². The van der Waals surface area contributed by atoms with E-state index in [0.29, 0.717) is 6.04 Å². The summed E-state index contributed by atoms with van der Waals surface area (Å²) in [7, 11) is 5.51. The number of methoxy groups -OCH3 is 2. The number of ether oxygens (including phenoxy) is 2. The first kappa shape index (κ1) is 13.0. The minimum absolute atomic E-state index is 0.504. The van der Waals surface area contributed by atoms with Gasteiger partial charge in [0.2, 0.25) is 0 Å². The first-order chi connectivity index (χ1) is 8.71. The molecule has 100 valence electrons. The topological polar surface area (TPSA) is 47.7 Å². The summed E-state index contributed by atoms with van der Waals surface area (Å²) in [5, 5.41) is 0. The minimum atomic E-state index is 0.504. The average Bonchev–Trinajstić information content (AvgIpc) is 2.40. The van der Waals surface area contributed by atoms with Crippen molar-refractivity contribution in [2.45, 2.75) is 25.3 Å². The highest BCUT2D eigenvalue weighted by Gasteiger charge is 2.26. The summed E-state index contributed by atoms with van der Waals surface area (Å²) < 4.78 is 10.8. The van der Waals surface area contributed by atoms with Crippen LogP contribution in [0, 0.1) is 0 Å². The lowest BCUT2D eigenvalue weighted by Crippen LogP contribution is -2.37. The van der Waals surface area contributed by atoms with Crippen molar-refractivity contribution < 1.29 is 9.47 Å². The van der Waals surface area contributed by atoms with Gasteiger partial charge in [-0.1, -0.05) is 0 Å². The lowest BCUT2D eigenvalue weighted by Gasteiger charge is -2.37. The number of benzene rings is 1. The van der Waals surface area contributed by atoms with E-state index in [1.54, 1.807) is 14.2 Å². The highest BCUT2D eigenvalue weighted by atomic mass is 16.5. The van der Waals surface area contributed by atoms with Gasteiger partial charge in [-0.15, -0.1) is 0 Å². The Morgan fingerprint density at radius 3 is 2.72 bits per heavy atom.